The van der Waals surface area contributed by atoms with Crippen LogP contribution in [0, 0.1) is 17.8 Å². The molecule has 2 saturated heterocycles. The molecule has 2 aliphatic heterocycles. The maximum absolute atomic E-state index is 14.1. The van der Waals surface area contributed by atoms with E-state index in [2.05, 4.69) is 0 Å². The van der Waals surface area contributed by atoms with Crippen molar-refractivity contribution in [3.05, 3.63) is 83.4 Å². The molecule has 4 aliphatic rings. The van der Waals surface area contributed by atoms with Crippen molar-refractivity contribution in [3.63, 3.8) is 0 Å². The van der Waals surface area contributed by atoms with Crippen molar-refractivity contribution in [1.29, 1.82) is 0 Å². The number of aromatic hydroxyl groups is 1. The molecule has 1 saturated carbocycles. The second-order valence-electron chi connectivity index (χ2n) is 11.8. The fraction of sp³-hybridized carbons (Fsp3) is 0.303. The number of rotatable bonds is 3. The number of hydrogen-bond acceptors (Lipinski definition) is 6. The first-order valence-corrected chi connectivity index (χ1v) is 14.8. The van der Waals surface area contributed by atoms with E-state index >= 15 is 0 Å². The third-order valence-corrected chi connectivity index (χ3v) is 11.2. The molecule has 0 spiro atoms. The predicted molar refractivity (Wildman–Crippen MR) is 160 cm³/mol. The SMILES string of the molecule is CC(=O)c1ccc(N2C(=O)[C@H]3[C@H](CC=C4[C@H]3C[C@@]3(Cl)C(=O)N(C)C(=O)[C@@]3(Cl)[C@H]4c3ccc4ccccc4c3O)C2=O)cc1. The molecule has 0 unspecified atom stereocenters. The Labute approximate surface area is 256 Å². The van der Waals surface area contributed by atoms with Gasteiger partial charge in [-0.15, -0.1) is 23.2 Å². The van der Waals surface area contributed by atoms with Crippen LogP contribution in [0.5, 0.6) is 5.75 Å². The van der Waals surface area contributed by atoms with Gasteiger partial charge in [0.1, 0.15) is 5.75 Å². The van der Waals surface area contributed by atoms with E-state index in [0.717, 1.165) is 15.2 Å². The fourth-order valence-electron chi connectivity index (χ4n) is 7.69. The number of phenolic OH excluding ortho intramolecular Hbond substituents is 1. The van der Waals surface area contributed by atoms with Crippen molar-refractivity contribution in [2.24, 2.45) is 17.8 Å². The zero-order chi connectivity index (χ0) is 30.6. The molecule has 10 heteroatoms. The number of halogens is 2. The third-order valence-electron chi connectivity index (χ3n) is 9.79. The molecule has 4 amide bonds. The van der Waals surface area contributed by atoms with Crippen LogP contribution >= 0.6 is 23.2 Å². The van der Waals surface area contributed by atoms with Gasteiger partial charge in [-0.3, -0.25) is 33.8 Å². The minimum atomic E-state index is -1.98. The van der Waals surface area contributed by atoms with Crippen LogP contribution in [-0.4, -0.2) is 56.2 Å². The van der Waals surface area contributed by atoms with Crippen molar-refractivity contribution in [2.75, 3.05) is 11.9 Å². The summed E-state index contributed by atoms with van der Waals surface area (Å²) in [5.41, 5.74) is 1.71. The van der Waals surface area contributed by atoms with E-state index < -0.39 is 51.1 Å². The third kappa shape index (κ3) is 3.48. The molecule has 8 nitrogen and oxygen atoms in total. The van der Waals surface area contributed by atoms with E-state index in [1.54, 1.807) is 48.5 Å². The zero-order valence-corrected chi connectivity index (χ0v) is 24.7. The van der Waals surface area contributed by atoms with Crippen LogP contribution in [0.1, 0.15) is 41.6 Å². The number of imide groups is 2. The van der Waals surface area contributed by atoms with Gasteiger partial charge >= 0.3 is 0 Å². The van der Waals surface area contributed by atoms with Crippen molar-refractivity contribution in [1.82, 2.24) is 4.90 Å². The highest BCUT2D eigenvalue weighted by Crippen LogP contribution is 2.66. The summed E-state index contributed by atoms with van der Waals surface area (Å²) in [5.74, 6) is -5.79. The van der Waals surface area contributed by atoms with Gasteiger partial charge in [-0.25, -0.2) is 0 Å². The van der Waals surface area contributed by atoms with Crippen LogP contribution in [0.25, 0.3) is 10.8 Å². The molecule has 0 radical (unpaired) electrons. The lowest BCUT2D eigenvalue weighted by atomic mass is 9.56. The van der Waals surface area contributed by atoms with Gasteiger partial charge in [0.25, 0.3) is 11.8 Å². The number of allylic oxidation sites excluding steroid dienone is 2. The Morgan fingerprint density at radius 1 is 0.907 bits per heavy atom. The number of Topliss-reactive ketones (excluding diaryl/α,β-unsaturated/α-hetero) is 1. The van der Waals surface area contributed by atoms with Crippen LogP contribution in [0.3, 0.4) is 0 Å². The lowest BCUT2D eigenvalue weighted by Gasteiger charge is -2.50. The number of likely N-dealkylation sites (tertiary alicyclic amines) is 1. The number of phenols is 1. The Kier molecular flexibility index (Phi) is 5.98. The molecule has 3 aromatic rings. The second-order valence-corrected chi connectivity index (χ2v) is 13.1. The van der Waals surface area contributed by atoms with Gasteiger partial charge in [-0.1, -0.05) is 48.0 Å². The number of nitrogens with zero attached hydrogens (tertiary/aromatic N) is 2. The van der Waals surface area contributed by atoms with Gasteiger partial charge in [0.2, 0.25) is 11.8 Å². The number of alkyl halides is 2. The molecular formula is C33H26Cl2N2O6. The van der Waals surface area contributed by atoms with Crippen molar-refractivity contribution in [2.45, 2.75) is 35.4 Å². The maximum atomic E-state index is 14.1. The van der Waals surface area contributed by atoms with E-state index in [9.17, 15) is 29.1 Å². The van der Waals surface area contributed by atoms with Crippen LogP contribution in [0.4, 0.5) is 5.69 Å². The molecule has 1 N–H and O–H groups in total. The standard InChI is InChI=1S/C33H26Cl2N2O6/c1-16(38)17-7-10-19(11-8-17)37-28(40)22-14-13-21-24(25(22)29(37)41)15-32(34)30(42)36(2)31(43)33(32,35)26(21)23-12-9-18-5-3-4-6-20(18)27(23)39/h3-13,22,24-26,39H,14-15H2,1-2H3/t22-,24+,25-,26+,32+,33-/m0/s1. The Hall–Kier alpha value is -4.01. The predicted octanol–water partition coefficient (Wildman–Crippen LogP) is 4.94. The molecule has 3 fully saturated rings. The number of carbonyl (C=O) groups excluding carboxylic acids is 5. The van der Waals surface area contributed by atoms with E-state index in [0.29, 0.717) is 27.8 Å². The van der Waals surface area contributed by atoms with E-state index in [1.165, 1.54) is 14.0 Å². The summed E-state index contributed by atoms with van der Waals surface area (Å²) < 4.78 is 0. The number of carbonyl (C=O) groups is 5. The zero-order valence-electron chi connectivity index (χ0n) is 23.2. The minimum Gasteiger partial charge on any atom is -0.507 e. The molecule has 2 heterocycles. The maximum Gasteiger partial charge on any atom is 0.253 e. The van der Waals surface area contributed by atoms with E-state index in [-0.39, 0.29) is 30.3 Å². The number of amides is 4. The van der Waals surface area contributed by atoms with Crippen LogP contribution in [0.15, 0.2) is 72.3 Å². The largest absolute Gasteiger partial charge is 0.507 e. The first kappa shape index (κ1) is 27.8. The van der Waals surface area contributed by atoms with Crippen LogP contribution in [-0.2, 0) is 19.2 Å². The van der Waals surface area contributed by atoms with Gasteiger partial charge in [-0.2, -0.15) is 0 Å². The molecular weight excluding hydrogens is 591 g/mol. The Morgan fingerprint density at radius 2 is 1.60 bits per heavy atom. The lowest BCUT2D eigenvalue weighted by molar-refractivity contribution is -0.138. The van der Waals surface area contributed by atoms with Crippen molar-refractivity contribution >= 4 is 69.1 Å². The van der Waals surface area contributed by atoms with Gasteiger partial charge in [0, 0.05) is 29.5 Å². The highest BCUT2D eigenvalue weighted by molar-refractivity contribution is 6.53. The van der Waals surface area contributed by atoms with Crippen molar-refractivity contribution in [3.8, 4) is 5.75 Å². The van der Waals surface area contributed by atoms with Crippen LogP contribution < -0.4 is 4.90 Å². The smallest absolute Gasteiger partial charge is 0.253 e. The fourth-order valence-corrected chi connectivity index (χ4v) is 8.71. The summed E-state index contributed by atoms with van der Waals surface area (Å²) in [6.45, 7) is 1.43. The summed E-state index contributed by atoms with van der Waals surface area (Å²) in [7, 11) is 1.33. The Morgan fingerprint density at radius 3 is 2.30 bits per heavy atom. The summed E-state index contributed by atoms with van der Waals surface area (Å²) in [5, 5.41) is 12.9. The summed E-state index contributed by atoms with van der Waals surface area (Å²) in [6, 6.07) is 17.0. The number of benzene rings is 3. The number of fused-ring (bicyclic) bond motifs is 5. The van der Waals surface area contributed by atoms with E-state index in [4.69, 9.17) is 23.2 Å². The highest BCUT2D eigenvalue weighted by atomic mass is 35.5. The van der Waals surface area contributed by atoms with Crippen LogP contribution in [0.2, 0.25) is 0 Å². The molecule has 218 valence electrons. The molecule has 7 rings (SSSR count). The number of ketones is 1. The van der Waals surface area contributed by atoms with Crippen molar-refractivity contribution < 1.29 is 29.1 Å². The molecule has 0 aromatic heterocycles. The van der Waals surface area contributed by atoms with Gasteiger partial charge < -0.3 is 5.11 Å². The average molecular weight is 617 g/mol. The van der Waals surface area contributed by atoms with Gasteiger partial charge in [0.05, 0.1) is 17.5 Å². The Bertz CT molecular complexity index is 1840. The molecule has 43 heavy (non-hydrogen) atoms. The normalized spacial score (nSPS) is 31.7. The average Bonchev–Trinajstić information content (AvgIpc) is 3.33. The first-order valence-electron chi connectivity index (χ1n) is 14.0. The molecule has 6 atom stereocenters. The summed E-state index contributed by atoms with van der Waals surface area (Å²) >= 11 is 14.5. The van der Waals surface area contributed by atoms with Gasteiger partial charge in [-0.05, 0) is 55.3 Å². The van der Waals surface area contributed by atoms with Gasteiger partial charge in [0.15, 0.2) is 15.5 Å². The number of anilines is 1. The minimum absolute atomic E-state index is 0.0957. The molecule has 2 aliphatic carbocycles. The quantitative estimate of drug-likeness (QED) is 0.193. The summed E-state index contributed by atoms with van der Waals surface area (Å²) in [4.78, 5) is 65.2. The Balaban J connectivity index is 1.39. The molecule has 3 aromatic carbocycles. The lowest BCUT2D eigenvalue weighted by Crippen LogP contribution is -2.60. The first-order chi connectivity index (χ1) is 20.4. The monoisotopic (exact) mass is 616 g/mol. The second kappa shape index (κ2) is 9.24. The number of hydrogen-bond donors (Lipinski definition) is 1. The summed E-state index contributed by atoms with van der Waals surface area (Å²) in [6.07, 6.45) is 1.89. The highest BCUT2D eigenvalue weighted by Gasteiger charge is 2.76. The molecule has 0 bridgehead atoms. The topological polar surface area (TPSA) is 112 Å². The van der Waals surface area contributed by atoms with E-state index in [1.807, 2.05) is 18.2 Å².